The molecular formula is C15H17Br2NO. The molecule has 1 atom stereocenters. The summed E-state index contributed by atoms with van der Waals surface area (Å²) in [6.45, 7) is 2.14. The molecule has 0 N–H and O–H groups in total. The van der Waals surface area contributed by atoms with E-state index in [0.29, 0.717) is 0 Å². The molecule has 0 fully saturated rings. The number of benzene rings is 1. The minimum Gasteiger partial charge on any atom is -0.300 e. The predicted octanol–water partition coefficient (Wildman–Crippen LogP) is 4.63. The highest BCUT2D eigenvalue weighted by molar-refractivity contribution is 9.24. The zero-order valence-electron chi connectivity index (χ0n) is 10.9. The lowest BCUT2D eigenvalue weighted by Gasteiger charge is -2.26. The Morgan fingerprint density at radius 1 is 1.26 bits per heavy atom. The SMILES string of the molecule is CCCCC1=CC(C(Br)Br)N(c2ccccc2)C1=O. The summed E-state index contributed by atoms with van der Waals surface area (Å²) in [4.78, 5) is 14.4. The van der Waals surface area contributed by atoms with Crippen molar-refractivity contribution < 1.29 is 4.79 Å². The van der Waals surface area contributed by atoms with E-state index in [1.807, 2.05) is 35.2 Å². The number of hydrogen-bond donors (Lipinski definition) is 0. The Morgan fingerprint density at radius 2 is 1.95 bits per heavy atom. The molecule has 0 aromatic heterocycles. The highest BCUT2D eigenvalue weighted by Gasteiger charge is 2.35. The molecule has 19 heavy (non-hydrogen) atoms. The van der Waals surface area contributed by atoms with E-state index in [0.717, 1.165) is 30.5 Å². The first-order valence-electron chi connectivity index (χ1n) is 6.52. The molecule has 0 radical (unpaired) electrons. The summed E-state index contributed by atoms with van der Waals surface area (Å²) in [5.41, 5.74) is 1.88. The van der Waals surface area contributed by atoms with Gasteiger partial charge in [-0.05, 0) is 25.0 Å². The van der Waals surface area contributed by atoms with Crippen LogP contribution in [0, 0.1) is 0 Å². The van der Waals surface area contributed by atoms with Crippen LogP contribution in [0.5, 0.6) is 0 Å². The fourth-order valence-corrected chi connectivity index (χ4v) is 3.04. The minimum atomic E-state index is 0.0294. The van der Waals surface area contributed by atoms with Crippen LogP contribution in [-0.2, 0) is 4.79 Å². The zero-order valence-corrected chi connectivity index (χ0v) is 14.0. The molecule has 4 heteroatoms. The summed E-state index contributed by atoms with van der Waals surface area (Å²) in [7, 11) is 0. The van der Waals surface area contributed by atoms with Gasteiger partial charge in [-0.1, -0.05) is 69.5 Å². The molecule has 0 aliphatic carbocycles. The second kappa shape index (κ2) is 6.71. The van der Waals surface area contributed by atoms with Crippen molar-refractivity contribution >= 4 is 43.5 Å². The fraction of sp³-hybridized carbons (Fsp3) is 0.400. The normalized spacial score (nSPS) is 19.2. The molecule has 1 aromatic rings. The number of unbranched alkanes of at least 4 members (excludes halogenated alkanes) is 1. The first-order valence-corrected chi connectivity index (χ1v) is 8.35. The van der Waals surface area contributed by atoms with Crippen LogP contribution in [0.25, 0.3) is 0 Å². The Kier molecular flexibility index (Phi) is 5.22. The van der Waals surface area contributed by atoms with Crippen molar-refractivity contribution in [1.29, 1.82) is 0 Å². The number of carbonyl (C=O) groups excluding carboxylic acids is 1. The van der Waals surface area contributed by atoms with Crippen molar-refractivity contribution in [3.63, 3.8) is 0 Å². The fourth-order valence-electron chi connectivity index (χ4n) is 2.26. The van der Waals surface area contributed by atoms with Gasteiger partial charge >= 0.3 is 0 Å². The van der Waals surface area contributed by atoms with E-state index in [1.54, 1.807) is 0 Å². The topological polar surface area (TPSA) is 20.3 Å². The molecule has 0 saturated carbocycles. The van der Waals surface area contributed by atoms with Gasteiger partial charge in [0.1, 0.15) is 0 Å². The van der Waals surface area contributed by atoms with E-state index in [9.17, 15) is 4.79 Å². The van der Waals surface area contributed by atoms with Gasteiger partial charge < -0.3 is 0 Å². The maximum atomic E-state index is 12.5. The van der Waals surface area contributed by atoms with Gasteiger partial charge in [-0.3, -0.25) is 9.69 Å². The molecule has 1 unspecified atom stereocenters. The number of nitrogens with zero attached hydrogens (tertiary/aromatic N) is 1. The molecule has 1 aromatic carbocycles. The largest absolute Gasteiger partial charge is 0.300 e. The van der Waals surface area contributed by atoms with Crippen LogP contribution in [0.15, 0.2) is 42.0 Å². The summed E-state index contributed by atoms with van der Waals surface area (Å²) in [6.07, 6.45) is 5.11. The number of rotatable bonds is 5. The van der Waals surface area contributed by atoms with Crippen molar-refractivity contribution in [2.45, 2.75) is 36.0 Å². The number of alkyl halides is 2. The average molecular weight is 387 g/mol. The maximum absolute atomic E-state index is 12.5. The predicted molar refractivity (Wildman–Crippen MR) is 87.0 cm³/mol. The zero-order chi connectivity index (χ0) is 13.8. The van der Waals surface area contributed by atoms with Crippen molar-refractivity contribution in [3.05, 3.63) is 42.0 Å². The van der Waals surface area contributed by atoms with Crippen LogP contribution in [-0.4, -0.2) is 15.7 Å². The van der Waals surface area contributed by atoms with E-state index in [2.05, 4.69) is 44.9 Å². The molecule has 2 nitrogen and oxygen atoms in total. The van der Waals surface area contributed by atoms with Crippen molar-refractivity contribution in [2.24, 2.45) is 0 Å². The number of para-hydroxylation sites is 1. The van der Waals surface area contributed by atoms with Gasteiger partial charge in [0.2, 0.25) is 0 Å². The average Bonchev–Trinajstić information content (AvgIpc) is 2.75. The van der Waals surface area contributed by atoms with E-state index in [4.69, 9.17) is 0 Å². The van der Waals surface area contributed by atoms with Gasteiger partial charge in [-0.15, -0.1) is 0 Å². The number of amides is 1. The molecule has 0 spiro atoms. The molecule has 1 heterocycles. The Hall–Kier alpha value is -0.610. The number of carbonyl (C=O) groups is 1. The van der Waals surface area contributed by atoms with Gasteiger partial charge in [-0.25, -0.2) is 0 Å². The summed E-state index contributed by atoms with van der Waals surface area (Å²) in [6, 6.07) is 9.86. The lowest BCUT2D eigenvalue weighted by Crippen LogP contribution is -2.38. The summed E-state index contributed by atoms with van der Waals surface area (Å²) in [5.74, 6) is 0.133. The molecule has 1 aliphatic heterocycles. The van der Waals surface area contributed by atoms with Crippen LogP contribution in [0.4, 0.5) is 5.69 Å². The quantitative estimate of drug-likeness (QED) is 0.675. The first kappa shape index (κ1) is 14.8. The Morgan fingerprint density at radius 3 is 2.53 bits per heavy atom. The summed E-state index contributed by atoms with van der Waals surface area (Å²) < 4.78 is 0.0586. The first-order chi connectivity index (χ1) is 9.15. The summed E-state index contributed by atoms with van der Waals surface area (Å²) in [5, 5.41) is 0. The maximum Gasteiger partial charge on any atom is 0.254 e. The molecule has 0 bridgehead atoms. The molecule has 2 rings (SSSR count). The van der Waals surface area contributed by atoms with Gasteiger partial charge in [0, 0.05) is 11.3 Å². The van der Waals surface area contributed by atoms with Gasteiger partial charge in [0.15, 0.2) is 0 Å². The second-order valence-corrected chi connectivity index (χ2v) is 7.83. The van der Waals surface area contributed by atoms with Crippen LogP contribution in [0.1, 0.15) is 26.2 Å². The number of anilines is 1. The Labute approximate surface area is 131 Å². The van der Waals surface area contributed by atoms with Gasteiger partial charge in [0.25, 0.3) is 5.91 Å². The number of hydrogen-bond acceptors (Lipinski definition) is 1. The van der Waals surface area contributed by atoms with E-state index >= 15 is 0 Å². The smallest absolute Gasteiger partial charge is 0.254 e. The van der Waals surface area contributed by atoms with Crippen molar-refractivity contribution in [3.8, 4) is 0 Å². The van der Waals surface area contributed by atoms with Gasteiger partial charge in [0.05, 0.1) is 9.78 Å². The lowest BCUT2D eigenvalue weighted by atomic mass is 10.1. The minimum absolute atomic E-state index is 0.0294. The van der Waals surface area contributed by atoms with Crippen LogP contribution < -0.4 is 4.90 Å². The third-order valence-electron chi connectivity index (χ3n) is 3.26. The highest BCUT2D eigenvalue weighted by Crippen LogP contribution is 2.33. The highest BCUT2D eigenvalue weighted by atomic mass is 79.9. The molecule has 102 valence electrons. The molecular weight excluding hydrogens is 370 g/mol. The van der Waals surface area contributed by atoms with E-state index in [1.165, 1.54) is 0 Å². The lowest BCUT2D eigenvalue weighted by molar-refractivity contribution is -0.114. The van der Waals surface area contributed by atoms with E-state index < -0.39 is 0 Å². The standard InChI is InChI=1S/C15H17Br2NO/c1-2-3-7-11-10-13(14(16)17)18(15(11)19)12-8-5-4-6-9-12/h4-6,8-10,13-14H,2-3,7H2,1H3. The van der Waals surface area contributed by atoms with E-state index in [-0.39, 0.29) is 15.7 Å². The Balaban J connectivity index is 2.26. The molecule has 1 amide bonds. The molecule has 0 saturated heterocycles. The van der Waals surface area contributed by atoms with Crippen molar-refractivity contribution in [1.82, 2.24) is 0 Å². The third kappa shape index (κ3) is 3.29. The summed E-state index contributed by atoms with van der Waals surface area (Å²) >= 11 is 7.08. The number of halogens is 2. The van der Waals surface area contributed by atoms with Crippen LogP contribution >= 0.6 is 31.9 Å². The van der Waals surface area contributed by atoms with Gasteiger partial charge in [-0.2, -0.15) is 0 Å². The van der Waals surface area contributed by atoms with Crippen LogP contribution in [0.2, 0.25) is 0 Å². The second-order valence-electron chi connectivity index (χ2n) is 4.63. The van der Waals surface area contributed by atoms with Crippen molar-refractivity contribution in [2.75, 3.05) is 4.90 Å². The Bertz CT molecular complexity index is 470. The third-order valence-corrected chi connectivity index (χ3v) is 4.34. The monoisotopic (exact) mass is 385 g/mol. The molecule has 1 aliphatic rings. The van der Waals surface area contributed by atoms with Crippen LogP contribution in [0.3, 0.4) is 0 Å².